The molecule has 0 saturated heterocycles. The van der Waals surface area contributed by atoms with E-state index in [9.17, 15) is 9.59 Å². The van der Waals surface area contributed by atoms with Gasteiger partial charge in [0.25, 0.3) is 0 Å². The second-order valence-corrected chi connectivity index (χ2v) is 4.34. The molecule has 0 spiro atoms. The van der Waals surface area contributed by atoms with Gasteiger partial charge in [0.2, 0.25) is 10.9 Å². The van der Waals surface area contributed by atoms with Crippen molar-refractivity contribution in [3.05, 3.63) is 20.4 Å². The van der Waals surface area contributed by atoms with Crippen LogP contribution >= 0.6 is 0 Å². The molecule has 114 valence electrons. The van der Waals surface area contributed by atoms with E-state index in [1.165, 1.54) is 0 Å². The minimum absolute atomic E-state index is 0. The van der Waals surface area contributed by atoms with Crippen LogP contribution in [0, 0.1) is 0 Å². The quantitative estimate of drug-likeness (QED) is 0.288. The summed E-state index contributed by atoms with van der Waals surface area (Å²) in [7, 11) is 0. The zero-order valence-corrected chi connectivity index (χ0v) is 13.0. The van der Waals surface area contributed by atoms with Gasteiger partial charge < -0.3 is 42.5 Å². The SMILES string of the molecule is NCCN(CCN)CCN.O=c1c([S-])c([S-])c1=O.[Ni]. The van der Waals surface area contributed by atoms with E-state index in [0.717, 1.165) is 19.6 Å². The molecule has 1 aromatic rings. The number of nitrogens with two attached hydrogens (primary N) is 3. The van der Waals surface area contributed by atoms with Crippen LogP contribution in [0.3, 0.4) is 0 Å². The van der Waals surface area contributed by atoms with Crippen LogP contribution in [0.1, 0.15) is 0 Å². The topological polar surface area (TPSA) is 115 Å². The van der Waals surface area contributed by atoms with Gasteiger partial charge in [0, 0.05) is 55.8 Å². The Morgan fingerprint density at radius 3 is 1.21 bits per heavy atom. The van der Waals surface area contributed by atoms with Crippen LogP contribution in [-0.4, -0.2) is 44.2 Å². The van der Waals surface area contributed by atoms with E-state index < -0.39 is 10.9 Å². The van der Waals surface area contributed by atoms with E-state index in [2.05, 4.69) is 30.2 Å². The molecule has 9 heteroatoms. The van der Waals surface area contributed by atoms with Gasteiger partial charge in [0.1, 0.15) is 0 Å². The van der Waals surface area contributed by atoms with E-state index in [-0.39, 0.29) is 26.3 Å². The summed E-state index contributed by atoms with van der Waals surface area (Å²) in [5.74, 6) is 0. The maximum Gasteiger partial charge on any atom is 0.203 e. The molecule has 6 N–H and O–H groups in total. The van der Waals surface area contributed by atoms with Gasteiger partial charge in [-0.15, -0.1) is 9.79 Å². The first-order valence-corrected chi connectivity index (χ1v) is 6.31. The molecule has 0 aromatic heterocycles. The van der Waals surface area contributed by atoms with E-state index in [1.54, 1.807) is 0 Å². The minimum Gasteiger partial charge on any atom is -0.777 e. The van der Waals surface area contributed by atoms with Gasteiger partial charge in [0.15, 0.2) is 0 Å². The van der Waals surface area contributed by atoms with Gasteiger partial charge in [-0.3, -0.25) is 14.5 Å². The Hall–Kier alpha value is -0.146. The van der Waals surface area contributed by atoms with Crippen molar-refractivity contribution >= 4 is 25.3 Å². The summed E-state index contributed by atoms with van der Waals surface area (Å²) in [5.41, 5.74) is 14.9. The number of nitrogens with zero attached hydrogens (tertiary/aromatic N) is 1. The molecule has 0 atom stereocenters. The molecular weight excluding hydrogens is 331 g/mol. The summed E-state index contributed by atoms with van der Waals surface area (Å²) in [6, 6.07) is 0. The molecule has 0 aliphatic heterocycles. The molecule has 0 bridgehead atoms. The molecule has 1 rings (SSSR count). The molecule has 0 fully saturated rings. The summed E-state index contributed by atoms with van der Waals surface area (Å²) in [5, 5.41) is 0. The predicted octanol–water partition coefficient (Wildman–Crippen LogP) is -2.74. The Labute approximate surface area is 133 Å². The monoisotopic (exact) mass is 348 g/mol. The third kappa shape index (κ3) is 7.26. The zero-order chi connectivity index (χ0) is 14.1. The Morgan fingerprint density at radius 1 is 0.789 bits per heavy atom. The molecule has 0 aliphatic rings. The first kappa shape index (κ1) is 21.2. The fourth-order valence-electron chi connectivity index (χ4n) is 1.23. The Kier molecular flexibility index (Phi) is 13.0. The van der Waals surface area contributed by atoms with Crippen molar-refractivity contribution in [2.75, 3.05) is 39.3 Å². The first-order valence-electron chi connectivity index (χ1n) is 5.49. The summed E-state index contributed by atoms with van der Waals surface area (Å²) in [4.78, 5) is 22.6. The number of hydrogen-bond acceptors (Lipinski definition) is 8. The largest absolute Gasteiger partial charge is 0.777 e. The number of rotatable bonds is 6. The fraction of sp³-hybridized carbons (Fsp3) is 0.600. The Bertz CT molecular complexity index is 380. The standard InChI is InChI=1S/C6H18N4.C4H2O2S2.Ni/c7-1-4-10(5-2-8)6-3-9;5-1-2(6)4(8)3(1)7;/h1-9H2;7-8H;/p-2. The van der Waals surface area contributed by atoms with Crippen LogP contribution in [0.4, 0.5) is 0 Å². The van der Waals surface area contributed by atoms with Crippen molar-refractivity contribution in [1.29, 1.82) is 0 Å². The van der Waals surface area contributed by atoms with Crippen LogP contribution in [0.25, 0.3) is 0 Å². The maximum atomic E-state index is 10.2. The average Bonchev–Trinajstić information content (AvgIpc) is 2.38. The van der Waals surface area contributed by atoms with Crippen molar-refractivity contribution in [1.82, 2.24) is 4.90 Å². The van der Waals surface area contributed by atoms with Crippen LogP contribution < -0.4 is 28.1 Å². The van der Waals surface area contributed by atoms with Crippen LogP contribution in [0.5, 0.6) is 0 Å². The summed E-state index contributed by atoms with van der Waals surface area (Å²) >= 11 is 8.79. The van der Waals surface area contributed by atoms with Gasteiger partial charge in [-0.2, -0.15) is 0 Å². The molecule has 0 heterocycles. The van der Waals surface area contributed by atoms with Crippen molar-refractivity contribution in [2.24, 2.45) is 17.2 Å². The van der Waals surface area contributed by atoms with Crippen LogP contribution in [0.2, 0.25) is 0 Å². The van der Waals surface area contributed by atoms with E-state index in [4.69, 9.17) is 17.2 Å². The smallest absolute Gasteiger partial charge is 0.203 e. The third-order valence-corrected chi connectivity index (χ3v) is 3.07. The molecule has 0 aliphatic carbocycles. The normalized spacial score (nSPS) is 9.89. The third-order valence-electron chi connectivity index (χ3n) is 2.16. The molecular formula is C10H18N4NiO2S2-2. The minimum atomic E-state index is -0.606. The van der Waals surface area contributed by atoms with Crippen molar-refractivity contribution < 1.29 is 16.5 Å². The summed E-state index contributed by atoms with van der Waals surface area (Å²) in [6.45, 7) is 4.73. The average molecular weight is 349 g/mol. The Morgan fingerprint density at radius 2 is 1.05 bits per heavy atom. The Balaban J connectivity index is 0. The van der Waals surface area contributed by atoms with Crippen molar-refractivity contribution in [3.8, 4) is 0 Å². The van der Waals surface area contributed by atoms with E-state index >= 15 is 0 Å². The van der Waals surface area contributed by atoms with Crippen molar-refractivity contribution in [2.45, 2.75) is 9.79 Å². The van der Waals surface area contributed by atoms with E-state index in [0.29, 0.717) is 19.6 Å². The first-order chi connectivity index (χ1) is 8.49. The van der Waals surface area contributed by atoms with Crippen LogP contribution in [-0.2, 0) is 41.7 Å². The van der Waals surface area contributed by atoms with Gasteiger partial charge >= 0.3 is 0 Å². The van der Waals surface area contributed by atoms with E-state index in [1.807, 2.05) is 0 Å². The predicted molar refractivity (Wildman–Crippen MR) is 76.2 cm³/mol. The number of hydrogen-bond donors (Lipinski definition) is 3. The molecule has 19 heavy (non-hydrogen) atoms. The molecule has 0 amide bonds. The molecule has 6 nitrogen and oxygen atoms in total. The zero-order valence-electron chi connectivity index (χ0n) is 10.4. The van der Waals surface area contributed by atoms with Crippen LogP contribution in [0.15, 0.2) is 19.4 Å². The molecule has 0 unspecified atom stereocenters. The second kappa shape index (κ2) is 11.7. The van der Waals surface area contributed by atoms with Gasteiger partial charge in [-0.05, 0) is 0 Å². The van der Waals surface area contributed by atoms with Gasteiger partial charge in [-0.1, -0.05) is 0 Å². The summed E-state index contributed by atoms with van der Waals surface area (Å²) < 4.78 is 0. The second-order valence-electron chi connectivity index (χ2n) is 3.52. The van der Waals surface area contributed by atoms with Gasteiger partial charge in [0.05, 0.1) is 0 Å². The van der Waals surface area contributed by atoms with Gasteiger partial charge in [-0.25, -0.2) is 0 Å². The molecule has 0 radical (unpaired) electrons. The molecule has 1 aromatic carbocycles. The maximum absolute atomic E-state index is 10.2. The summed E-state index contributed by atoms with van der Waals surface area (Å²) in [6.07, 6.45) is 0. The van der Waals surface area contributed by atoms with Crippen molar-refractivity contribution in [3.63, 3.8) is 0 Å². The fourth-order valence-corrected chi connectivity index (χ4v) is 1.60. The molecule has 0 saturated carbocycles.